The van der Waals surface area contributed by atoms with E-state index in [1.54, 1.807) is 0 Å². The van der Waals surface area contributed by atoms with Crippen molar-refractivity contribution in [2.75, 3.05) is 12.3 Å². The van der Waals surface area contributed by atoms with E-state index in [4.69, 9.17) is 0 Å². The van der Waals surface area contributed by atoms with Gasteiger partial charge in [-0.05, 0) is 50.2 Å². The van der Waals surface area contributed by atoms with Crippen molar-refractivity contribution in [2.24, 2.45) is 5.92 Å². The standard InChI is InChI=1S/C15H26N2O3S/c1-2-11-5-7-15(8-6-11,13(18)19)17-14(20)16-10-12-4-3-9-21-12/h11-12H,2-10H2,1H3,(H,18,19)(H2,16,17,20). The van der Waals surface area contributed by atoms with Crippen LogP contribution in [-0.4, -0.2) is 40.2 Å². The Bertz CT molecular complexity index is 375. The summed E-state index contributed by atoms with van der Waals surface area (Å²) in [7, 11) is 0. The predicted octanol–water partition coefficient (Wildman–Crippen LogP) is 2.60. The number of carbonyl (C=O) groups excluding carboxylic acids is 1. The molecule has 1 unspecified atom stereocenters. The number of carboxylic acids is 1. The number of carboxylic acid groups (broad SMARTS) is 1. The highest BCUT2D eigenvalue weighted by Crippen LogP contribution is 2.34. The average Bonchev–Trinajstić information content (AvgIpc) is 2.99. The molecular formula is C15H26N2O3S. The molecule has 1 heterocycles. The second-order valence-corrected chi connectivity index (χ2v) is 7.62. The van der Waals surface area contributed by atoms with Crippen molar-refractivity contribution in [1.29, 1.82) is 0 Å². The first-order valence-electron chi connectivity index (χ1n) is 7.97. The average molecular weight is 314 g/mol. The Kier molecular flexibility index (Phi) is 5.79. The molecule has 1 saturated heterocycles. The topological polar surface area (TPSA) is 78.4 Å². The normalized spacial score (nSPS) is 32.6. The van der Waals surface area contributed by atoms with Crippen molar-refractivity contribution >= 4 is 23.8 Å². The van der Waals surface area contributed by atoms with Gasteiger partial charge < -0.3 is 15.7 Å². The molecule has 1 atom stereocenters. The number of amides is 2. The number of nitrogens with one attached hydrogen (secondary N) is 2. The molecule has 1 aliphatic heterocycles. The number of thioether (sulfide) groups is 1. The van der Waals surface area contributed by atoms with Crippen LogP contribution in [0.4, 0.5) is 4.79 Å². The predicted molar refractivity (Wildman–Crippen MR) is 84.6 cm³/mol. The number of urea groups is 1. The number of aliphatic carboxylic acids is 1. The van der Waals surface area contributed by atoms with Gasteiger partial charge in [-0.3, -0.25) is 0 Å². The van der Waals surface area contributed by atoms with Crippen LogP contribution in [0.3, 0.4) is 0 Å². The molecule has 0 radical (unpaired) electrons. The Hall–Kier alpha value is -0.910. The fraction of sp³-hybridized carbons (Fsp3) is 0.867. The molecule has 0 aromatic heterocycles. The van der Waals surface area contributed by atoms with Crippen LogP contribution in [0.15, 0.2) is 0 Å². The monoisotopic (exact) mass is 314 g/mol. The number of hydrogen-bond acceptors (Lipinski definition) is 3. The van der Waals surface area contributed by atoms with E-state index in [9.17, 15) is 14.7 Å². The van der Waals surface area contributed by atoms with E-state index < -0.39 is 11.5 Å². The van der Waals surface area contributed by atoms with E-state index in [2.05, 4.69) is 17.6 Å². The summed E-state index contributed by atoms with van der Waals surface area (Å²) >= 11 is 1.88. The summed E-state index contributed by atoms with van der Waals surface area (Å²) in [5.74, 6) is 0.852. The first-order valence-corrected chi connectivity index (χ1v) is 9.01. The van der Waals surface area contributed by atoms with Gasteiger partial charge in [-0.15, -0.1) is 0 Å². The Morgan fingerprint density at radius 3 is 2.52 bits per heavy atom. The highest BCUT2D eigenvalue weighted by molar-refractivity contribution is 8.00. The van der Waals surface area contributed by atoms with Gasteiger partial charge in [0.15, 0.2) is 0 Å². The van der Waals surface area contributed by atoms with Gasteiger partial charge in [0, 0.05) is 11.8 Å². The third kappa shape index (κ3) is 4.28. The Balaban J connectivity index is 1.84. The lowest BCUT2D eigenvalue weighted by Crippen LogP contribution is -2.59. The fourth-order valence-electron chi connectivity index (χ4n) is 3.24. The summed E-state index contributed by atoms with van der Waals surface area (Å²) in [6.07, 6.45) is 6.24. The molecule has 6 heteroatoms. The highest BCUT2D eigenvalue weighted by atomic mass is 32.2. The molecule has 2 rings (SSSR count). The summed E-state index contributed by atoms with van der Waals surface area (Å²) < 4.78 is 0. The maximum Gasteiger partial charge on any atom is 0.329 e. The first kappa shape index (κ1) is 16.5. The second-order valence-electron chi connectivity index (χ2n) is 6.21. The first-order chi connectivity index (χ1) is 10.1. The van der Waals surface area contributed by atoms with Gasteiger partial charge in [0.2, 0.25) is 0 Å². The van der Waals surface area contributed by atoms with Crippen molar-refractivity contribution in [3.63, 3.8) is 0 Å². The largest absolute Gasteiger partial charge is 0.480 e. The van der Waals surface area contributed by atoms with Crippen LogP contribution in [-0.2, 0) is 4.79 Å². The molecular weight excluding hydrogens is 288 g/mol. The summed E-state index contributed by atoms with van der Waals surface area (Å²) in [4.78, 5) is 23.7. The van der Waals surface area contributed by atoms with E-state index in [-0.39, 0.29) is 6.03 Å². The van der Waals surface area contributed by atoms with Gasteiger partial charge in [-0.1, -0.05) is 13.3 Å². The minimum Gasteiger partial charge on any atom is -0.480 e. The number of rotatable bonds is 5. The molecule has 2 amide bonds. The second kappa shape index (κ2) is 7.38. The third-order valence-corrected chi connectivity index (χ3v) is 6.21. The molecule has 2 fully saturated rings. The molecule has 0 bridgehead atoms. The molecule has 0 aromatic rings. The summed E-state index contributed by atoms with van der Waals surface area (Å²) in [6.45, 7) is 2.77. The smallest absolute Gasteiger partial charge is 0.329 e. The Morgan fingerprint density at radius 1 is 1.29 bits per heavy atom. The summed E-state index contributed by atoms with van der Waals surface area (Å²) in [5.41, 5.74) is -1.07. The van der Waals surface area contributed by atoms with Crippen LogP contribution in [0.1, 0.15) is 51.9 Å². The van der Waals surface area contributed by atoms with Crippen LogP contribution in [0.25, 0.3) is 0 Å². The highest BCUT2D eigenvalue weighted by Gasteiger charge is 2.43. The third-order valence-electron chi connectivity index (χ3n) is 4.81. The van der Waals surface area contributed by atoms with Crippen molar-refractivity contribution < 1.29 is 14.7 Å². The van der Waals surface area contributed by atoms with Crippen LogP contribution in [0.2, 0.25) is 0 Å². The van der Waals surface area contributed by atoms with E-state index in [1.807, 2.05) is 11.8 Å². The molecule has 0 spiro atoms. The number of carbonyl (C=O) groups is 2. The quantitative estimate of drug-likeness (QED) is 0.729. The zero-order valence-corrected chi connectivity index (χ0v) is 13.5. The lowest BCUT2D eigenvalue weighted by atomic mass is 9.75. The summed E-state index contributed by atoms with van der Waals surface area (Å²) in [5, 5.41) is 15.6. The maximum atomic E-state index is 12.0. The minimum atomic E-state index is -1.07. The maximum absolute atomic E-state index is 12.0. The molecule has 1 saturated carbocycles. The zero-order valence-electron chi connectivity index (χ0n) is 12.7. The molecule has 3 N–H and O–H groups in total. The van der Waals surface area contributed by atoms with Crippen molar-refractivity contribution in [3.8, 4) is 0 Å². The van der Waals surface area contributed by atoms with Gasteiger partial charge in [0.1, 0.15) is 5.54 Å². The van der Waals surface area contributed by atoms with E-state index in [0.29, 0.717) is 30.6 Å². The van der Waals surface area contributed by atoms with Gasteiger partial charge in [-0.2, -0.15) is 11.8 Å². The van der Waals surface area contributed by atoms with Crippen LogP contribution < -0.4 is 10.6 Å². The minimum absolute atomic E-state index is 0.333. The van der Waals surface area contributed by atoms with Gasteiger partial charge in [0.05, 0.1) is 0 Å². The molecule has 5 nitrogen and oxygen atoms in total. The Morgan fingerprint density at radius 2 is 2.00 bits per heavy atom. The SMILES string of the molecule is CCC1CCC(NC(=O)NCC2CCCS2)(C(=O)O)CC1. The molecule has 0 aromatic carbocycles. The van der Waals surface area contributed by atoms with Crippen LogP contribution in [0.5, 0.6) is 0 Å². The van der Waals surface area contributed by atoms with Gasteiger partial charge in [-0.25, -0.2) is 9.59 Å². The zero-order chi connectivity index (χ0) is 15.3. The van der Waals surface area contributed by atoms with Crippen molar-refractivity contribution in [1.82, 2.24) is 10.6 Å². The van der Waals surface area contributed by atoms with Crippen LogP contribution >= 0.6 is 11.8 Å². The lowest BCUT2D eigenvalue weighted by Gasteiger charge is -2.37. The Labute approximate surface area is 130 Å². The van der Waals surface area contributed by atoms with Crippen LogP contribution in [0, 0.1) is 5.92 Å². The molecule has 120 valence electrons. The molecule has 2 aliphatic rings. The van der Waals surface area contributed by atoms with Gasteiger partial charge >= 0.3 is 12.0 Å². The van der Waals surface area contributed by atoms with E-state index in [0.717, 1.165) is 31.4 Å². The molecule has 21 heavy (non-hydrogen) atoms. The van der Waals surface area contributed by atoms with Crippen molar-refractivity contribution in [3.05, 3.63) is 0 Å². The lowest BCUT2D eigenvalue weighted by molar-refractivity contribution is -0.146. The number of hydrogen-bond donors (Lipinski definition) is 3. The summed E-state index contributed by atoms with van der Waals surface area (Å²) in [6, 6.07) is -0.333. The van der Waals surface area contributed by atoms with E-state index >= 15 is 0 Å². The van der Waals surface area contributed by atoms with Gasteiger partial charge in [0.25, 0.3) is 0 Å². The fourth-order valence-corrected chi connectivity index (χ4v) is 4.45. The van der Waals surface area contributed by atoms with E-state index in [1.165, 1.54) is 6.42 Å². The molecule has 1 aliphatic carbocycles. The van der Waals surface area contributed by atoms with Crippen molar-refractivity contribution in [2.45, 2.75) is 62.7 Å².